The van der Waals surface area contributed by atoms with Gasteiger partial charge in [-0.2, -0.15) is 0 Å². The summed E-state index contributed by atoms with van der Waals surface area (Å²) in [5.74, 6) is 0. The van der Waals surface area contributed by atoms with Crippen molar-refractivity contribution in [3.63, 3.8) is 0 Å². The van der Waals surface area contributed by atoms with Crippen LogP contribution in [0.3, 0.4) is 0 Å². The van der Waals surface area contributed by atoms with Crippen LogP contribution in [0.25, 0.3) is 98.4 Å². The Morgan fingerprint density at radius 1 is 0.280 bits per heavy atom. The van der Waals surface area contributed by atoms with Crippen LogP contribution in [0.4, 0.5) is 0 Å². The molecule has 10 aromatic rings. The van der Waals surface area contributed by atoms with E-state index in [1.54, 1.807) is 0 Å². The van der Waals surface area contributed by atoms with Gasteiger partial charge < -0.3 is 0 Å². The molecule has 2 heteroatoms. The normalized spacial score (nSPS) is 11.6. The Morgan fingerprint density at radius 2 is 0.680 bits per heavy atom. The first kappa shape index (κ1) is 28.4. The van der Waals surface area contributed by atoms with Gasteiger partial charge in [-0.3, -0.25) is 9.97 Å². The molecule has 50 heavy (non-hydrogen) atoms. The largest absolute Gasteiger partial charge is 0.264 e. The molecule has 0 unspecified atom stereocenters. The van der Waals surface area contributed by atoms with Crippen molar-refractivity contribution in [2.24, 2.45) is 0 Å². The Labute approximate surface area is 290 Å². The minimum absolute atomic E-state index is 1.11. The van der Waals surface area contributed by atoms with Crippen molar-refractivity contribution in [2.45, 2.75) is 0 Å². The van der Waals surface area contributed by atoms with Crippen molar-refractivity contribution in [3.8, 4) is 44.5 Å². The van der Waals surface area contributed by atoms with E-state index in [1.807, 2.05) is 36.9 Å². The molecule has 0 radical (unpaired) electrons. The van der Waals surface area contributed by atoms with Crippen molar-refractivity contribution >= 4 is 53.9 Å². The number of hydrogen-bond acceptors (Lipinski definition) is 2. The van der Waals surface area contributed by atoms with Gasteiger partial charge in [0.15, 0.2) is 0 Å². The fourth-order valence-corrected chi connectivity index (χ4v) is 8.05. The van der Waals surface area contributed by atoms with E-state index in [1.165, 1.54) is 87.2 Å². The van der Waals surface area contributed by atoms with E-state index in [2.05, 4.69) is 156 Å². The fourth-order valence-electron chi connectivity index (χ4n) is 8.05. The number of rotatable bonds is 4. The summed E-state index contributed by atoms with van der Waals surface area (Å²) in [6.45, 7) is 0. The van der Waals surface area contributed by atoms with Crippen LogP contribution in [0.15, 0.2) is 183 Å². The molecular formula is C48H30N2. The molecule has 232 valence electrons. The van der Waals surface area contributed by atoms with Gasteiger partial charge in [0, 0.05) is 35.9 Å². The number of fused-ring (bicyclic) bond motifs is 5. The van der Waals surface area contributed by atoms with Crippen LogP contribution < -0.4 is 0 Å². The zero-order chi connectivity index (χ0) is 33.0. The van der Waals surface area contributed by atoms with Crippen LogP contribution in [-0.2, 0) is 0 Å². The van der Waals surface area contributed by atoms with Crippen LogP contribution >= 0.6 is 0 Å². The summed E-state index contributed by atoms with van der Waals surface area (Å²) in [5.41, 5.74) is 9.48. The molecule has 0 atom stereocenters. The Kier molecular flexibility index (Phi) is 6.53. The average molecular weight is 635 g/mol. The van der Waals surface area contributed by atoms with E-state index in [-0.39, 0.29) is 0 Å². The molecule has 0 N–H and O–H groups in total. The lowest BCUT2D eigenvalue weighted by Crippen LogP contribution is -1.96. The van der Waals surface area contributed by atoms with E-state index in [9.17, 15) is 0 Å². The van der Waals surface area contributed by atoms with Crippen LogP contribution in [0, 0.1) is 0 Å². The third-order valence-corrected chi connectivity index (χ3v) is 10.2. The van der Waals surface area contributed by atoms with E-state index >= 15 is 0 Å². The molecule has 0 spiro atoms. The van der Waals surface area contributed by atoms with Crippen LogP contribution in [-0.4, -0.2) is 9.97 Å². The summed E-state index contributed by atoms with van der Waals surface area (Å²) in [5, 5.41) is 12.2. The van der Waals surface area contributed by atoms with Gasteiger partial charge in [0.25, 0.3) is 0 Å². The zero-order valence-electron chi connectivity index (χ0n) is 27.2. The summed E-state index contributed by atoms with van der Waals surface area (Å²) >= 11 is 0. The van der Waals surface area contributed by atoms with Gasteiger partial charge >= 0.3 is 0 Å². The standard InChI is InChI=1S/C48H30N2/c1-2-14-34-28-44-43(27-33(34)13-1)47(41-23-21-31-11-3-5-17-37(31)45(41)35-15-9-25-49-29-35)39-19-7-8-20-40(39)48(44)42-24-22-32-12-4-6-18-38(32)46(42)36-16-10-26-50-30-36/h1-30H. The van der Waals surface area contributed by atoms with E-state index < -0.39 is 0 Å². The summed E-state index contributed by atoms with van der Waals surface area (Å²) in [7, 11) is 0. The zero-order valence-corrected chi connectivity index (χ0v) is 27.2. The molecule has 8 aromatic carbocycles. The maximum Gasteiger partial charge on any atom is 0.0346 e. The van der Waals surface area contributed by atoms with Crippen molar-refractivity contribution in [3.05, 3.63) is 183 Å². The highest BCUT2D eigenvalue weighted by Crippen LogP contribution is 2.50. The molecule has 0 aliphatic carbocycles. The first-order valence-corrected chi connectivity index (χ1v) is 17.1. The summed E-state index contributed by atoms with van der Waals surface area (Å²) in [4.78, 5) is 9.16. The van der Waals surface area contributed by atoms with Crippen LogP contribution in [0.1, 0.15) is 0 Å². The number of benzene rings is 8. The van der Waals surface area contributed by atoms with Gasteiger partial charge in [-0.15, -0.1) is 0 Å². The second-order valence-corrected chi connectivity index (χ2v) is 12.9. The minimum atomic E-state index is 1.11. The maximum atomic E-state index is 4.58. The number of nitrogens with zero attached hydrogens (tertiary/aromatic N) is 2. The van der Waals surface area contributed by atoms with Crippen molar-refractivity contribution in [2.75, 3.05) is 0 Å². The summed E-state index contributed by atoms with van der Waals surface area (Å²) < 4.78 is 0. The van der Waals surface area contributed by atoms with Gasteiger partial charge in [-0.25, -0.2) is 0 Å². The molecule has 0 aliphatic heterocycles. The van der Waals surface area contributed by atoms with Gasteiger partial charge in [0.2, 0.25) is 0 Å². The highest BCUT2D eigenvalue weighted by Gasteiger charge is 2.23. The molecule has 2 aromatic heterocycles. The quantitative estimate of drug-likeness (QED) is 0.180. The van der Waals surface area contributed by atoms with E-state index in [4.69, 9.17) is 0 Å². The second-order valence-electron chi connectivity index (χ2n) is 12.9. The van der Waals surface area contributed by atoms with Crippen LogP contribution in [0.5, 0.6) is 0 Å². The fraction of sp³-hybridized carbons (Fsp3) is 0. The van der Waals surface area contributed by atoms with Crippen molar-refractivity contribution < 1.29 is 0 Å². The van der Waals surface area contributed by atoms with Crippen molar-refractivity contribution in [1.82, 2.24) is 9.97 Å². The molecule has 0 saturated carbocycles. The van der Waals surface area contributed by atoms with Crippen LogP contribution in [0.2, 0.25) is 0 Å². The van der Waals surface area contributed by atoms with E-state index in [0.29, 0.717) is 0 Å². The minimum Gasteiger partial charge on any atom is -0.264 e. The number of pyridine rings is 2. The van der Waals surface area contributed by atoms with Gasteiger partial charge in [0.1, 0.15) is 0 Å². The summed E-state index contributed by atoms with van der Waals surface area (Å²) in [6.07, 6.45) is 7.69. The average Bonchev–Trinajstić information content (AvgIpc) is 3.19. The third-order valence-electron chi connectivity index (χ3n) is 10.2. The lowest BCUT2D eigenvalue weighted by Gasteiger charge is -2.23. The highest BCUT2D eigenvalue weighted by molar-refractivity contribution is 6.27. The Morgan fingerprint density at radius 3 is 1.10 bits per heavy atom. The molecule has 0 saturated heterocycles. The monoisotopic (exact) mass is 634 g/mol. The first-order valence-electron chi connectivity index (χ1n) is 17.1. The second kappa shape index (κ2) is 11.5. The molecule has 0 fully saturated rings. The molecule has 0 amide bonds. The lowest BCUT2D eigenvalue weighted by molar-refractivity contribution is 1.33. The summed E-state index contributed by atoms with van der Waals surface area (Å²) in [6, 6.07) is 57.5. The molecule has 0 bridgehead atoms. The Hall–Kier alpha value is -6.64. The topological polar surface area (TPSA) is 25.8 Å². The molecule has 10 rings (SSSR count). The lowest BCUT2D eigenvalue weighted by atomic mass is 9.80. The first-order chi connectivity index (χ1) is 24.8. The maximum absolute atomic E-state index is 4.58. The third kappa shape index (κ3) is 4.43. The Bertz CT molecular complexity index is 2710. The van der Waals surface area contributed by atoms with Gasteiger partial charge in [0.05, 0.1) is 0 Å². The highest BCUT2D eigenvalue weighted by atomic mass is 14.6. The predicted octanol–water partition coefficient (Wildman–Crippen LogP) is 12.9. The number of hydrogen-bond donors (Lipinski definition) is 0. The SMILES string of the molecule is c1cncc(-c2c(-c3c4ccccc4c(-c4ccc5ccccc5c4-c4cccnc4)c4cc5ccccc5cc34)ccc3ccccc23)c1. The van der Waals surface area contributed by atoms with Crippen molar-refractivity contribution in [1.29, 1.82) is 0 Å². The number of aromatic nitrogens is 2. The molecule has 0 aliphatic rings. The van der Waals surface area contributed by atoms with Gasteiger partial charge in [-0.1, -0.05) is 133 Å². The molecule has 2 nitrogen and oxygen atoms in total. The predicted molar refractivity (Wildman–Crippen MR) is 211 cm³/mol. The van der Waals surface area contributed by atoms with Gasteiger partial charge in [-0.05, 0) is 112 Å². The van der Waals surface area contributed by atoms with E-state index in [0.717, 1.165) is 11.1 Å². The Balaban J connectivity index is 1.42. The smallest absolute Gasteiger partial charge is 0.0346 e. The molecule has 2 heterocycles. The molecular weight excluding hydrogens is 605 g/mol.